The van der Waals surface area contributed by atoms with E-state index in [0.717, 1.165) is 28.8 Å². The van der Waals surface area contributed by atoms with Crippen LogP contribution in [0.5, 0.6) is 0 Å². The summed E-state index contributed by atoms with van der Waals surface area (Å²) in [5.74, 6) is 0.878. The van der Waals surface area contributed by atoms with Gasteiger partial charge in [0, 0.05) is 31.6 Å². The first kappa shape index (κ1) is 21.1. The third-order valence-corrected chi connectivity index (χ3v) is 5.57. The van der Waals surface area contributed by atoms with Gasteiger partial charge in [-0.25, -0.2) is 4.98 Å². The monoisotopic (exact) mass is 420 g/mol. The molecule has 1 aliphatic heterocycles. The molecule has 2 aromatic carbocycles. The average Bonchev–Trinajstić information content (AvgIpc) is 3.15. The minimum Gasteiger partial charge on any atom is -0.378 e. The molecule has 1 aromatic heterocycles. The summed E-state index contributed by atoms with van der Waals surface area (Å²) in [6, 6.07) is 15.4. The first-order valence-corrected chi connectivity index (χ1v) is 10.8. The second-order valence-electron chi connectivity index (χ2n) is 7.82. The van der Waals surface area contributed by atoms with Gasteiger partial charge in [-0.15, -0.1) is 0 Å². The van der Waals surface area contributed by atoms with Gasteiger partial charge in [0.05, 0.1) is 24.2 Å². The lowest BCUT2D eigenvalue weighted by atomic mass is 10.1. The molecule has 0 saturated carbocycles. The van der Waals surface area contributed by atoms with E-state index >= 15 is 0 Å². The van der Waals surface area contributed by atoms with Crippen LogP contribution in [0.15, 0.2) is 48.5 Å². The fraction of sp³-hybridized carbons (Fsp3) is 0.375. The van der Waals surface area contributed by atoms with E-state index in [1.807, 2.05) is 64.9 Å². The summed E-state index contributed by atoms with van der Waals surface area (Å²) in [6.45, 7) is 5.25. The Kier molecular flexibility index (Phi) is 6.62. The van der Waals surface area contributed by atoms with Gasteiger partial charge in [0.15, 0.2) is 0 Å². The normalized spacial score (nSPS) is 14.0. The topological polar surface area (TPSA) is 76.5 Å². The number of nitrogens with one attached hydrogen (secondary N) is 1. The Bertz CT molecular complexity index is 1050. The van der Waals surface area contributed by atoms with E-state index in [4.69, 9.17) is 9.72 Å². The fourth-order valence-electron chi connectivity index (χ4n) is 3.80. The number of fused-ring (bicyclic) bond motifs is 1. The van der Waals surface area contributed by atoms with Gasteiger partial charge in [-0.2, -0.15) is 0 Å². The Morgan fingerprint density at radius 1 is 1.06 bits per heavy atom. The lowest BCUT2D eigenvalue weighted by Crippen LogP contribution is -2.42. The van der Waals surface area contributed by atoms with Gasteiger partial charge in [0.25, 0.3) is 5.91 Å². The van der Waals surface area contributed by atoms with Crippen LogP contribution in [-0.4, -0.2) is 59.1 Å². The van der Waals surface area contributed by atoms with Crippen molar-refractivity contribution in [2.45, 2.75) is 26.3 Å². The van der Waals surface area contributed by atoms with Crippen molar-refractivity contribution in [3.63, 3.8) is 0 Å². The summed E-state index contributed by atoms with van der Waals surface area (Å²) in [6.07, 6.45) is 1.42. The Labute approximate surface area is 182 Å². The Balaban J connectivity index is 1.39. The van der Waals surface area contributed by atoms with Crippen LogP contribution >= 0.6 is 0 Å². The number of hydrogen-bond donors (Lipinski definition) is 1. The highest BCUT2D eigenvalue weighted by Gasteiger charge is 2.20. The maximum Gasteiger partial charge on any atom is 0.251 e. The number of para-hydroxylation sites is 2. The third kappa shape index (κ3) is 5.11. The zero-order chi connectivity index (χ0) is 21.6. The molecule has 2 heterocycles. The Morgan fingerprint density at radius 3 is 2.58 bits per heavy atom. The number of rotatable bonds is 7. The minimum atomic E-state index is -0.0731. The van der Waals surface area contributed by atoms with Crippen molar-refractivity contribution in [1.29, 1.82) is 0 Å². The molecule has 1 fully saturated rings. The van der Waals surface area contributed by atoms with Crippen molar-refractivity contribution in [2.24, 2.45) is 0 Å². The number of carbonyl (C=O) groups excluding carboxylic acids is 2. The van der Waals surface area contributed by atoms with E-state index in [9.17, 15) is 9.59 Å². The summed E-state index contributed by atoms with van der Waals surface area (Å²) in [5, 5.41) is 2.97. The summed E-state index contributed by atoms with van der Waals surface area (Å²) >= 11 is 0. The van der Waals surface area contributed by atoms with Crippen LogP contribution in [0, 0.1) is 6.92 Å². The summed E-state index contributed by atoms with van der Waals surface area (Å²) < 4.78 is 7.36. The predicted molar refractivity (Wildman–Crippen MR) is 119 cm³/mol. The number of ether oxygens (including phenoxy) is 1. The molecule has 0 radical (unpaired) electrons. The van der Waals surface area contributed by atoms with Gasteiger partial charge in [0.2, 0.25) is 5.91 Å². The second-order valence-corrected chi connectivity index (χ2v) is 7.82. The van der Waals surface area contributed by atoms with Gasteiger partial charge < -0.3 is 19.5 Å². The number of hydrogen-bond acceptors (Lipinski definition) is 4. The second kappa shape index (κ2) is 9.75. The molecule has 31 heavy (non-hydrogen) atoms. The van der Waals surface area contributed by atoms with Crippen molar-refractivity contribution in [1.82, 2.24) is 19.8 Å². The van der Waals surface area contributed by atoms with Gasteiger partial charge in [-0.05, 0) is 37.6 Å². The molecule has 3 aromatic rings. The van der Waals surface area contributed by atoms with Crippen LogP contribution in [0.25, 0.3) is 11.0 Å². The molecule has 7 heteroatoms. The maximum atomic E-state index is 12.8. The van der Waals surface area contributed by atoms with E-state index in [2.05, 4.69) is 5.32 Å². The largest absolute Gasteiger partial charge is 0.378 e. The molecule has 1 N–H and O–H groups in total. The lowest BCUT2D eigenvalue weighted by Gasteiger charge is -2.27. The lowest BCUT2D eigenvalue weighted by molar-refractivity contribution is -0.135. The van der Waals surface area contributed by atoms with Gasteiger partial charge in [-0.1, -0.05) is 29.8 Å². The first-order valence-electron chi connectivity index (χ1n) is 10.8. The quantitative estimate of drug-likeness (QED) is 0.596. The van der Waals surface area contributed by atoms with E-state index in [1.54, 1.807) is 0 Å². The van der Waals surface area contributed by atoms with Crippen LogP contribution < -0.4 is 5.32 Å². The predicted octanol–water partition coefficient (Wildman–Crippen LogP) is 2.57. The van der Waals surface area contributed by atoms with Crippen LogP contribution in [0.3, 0.4) is 0 Å². The SMILES string of the molecule is Cc1ccc(C(=O)NCCCc2nc3ccccc3n2CC(=O)N2CCOCC2)cc1. The zero-order valence-electron chi connectivity index (χ0n) is 17.8. The zero-order valence-corrected chi connectivity index (χ0v) is 17.8. The van der Waals surface area contributed by atoms with Crippen LogP contribution in [0.4, 0.5) is 0 Å². The molecule has 0 bridgehead atoms. The van der Waals surface area contributed by atoms with E-state index < -0.39 is 0 Å². The number of nitrogens with zero attached hydrogens (tertiary/aromatic N) is 3. The molecule has 1 aliphatic rings. The van der Waals surface area contributed by atoms with Crippen molar-refractivity contribution >= 4 is 22.8 Å². The molecule has 4 rings (SSSR count). The summed E-state index contributed by atoms with van der Waals surface area (Å²) in [7, 11) is 0. The molecule has 0 unspecified atom stereocenters. The van der Waals surface area contributed by atoms with Gasteiger partial charge in [-0.3, -0.25) is 9.59 Å². The Hall–Kier alpha value is -3.19. The fourth-order valence-corrected chi connectivity index (χ4v) is 3.80. The van der Waals surface area contributed by atoms with Crippen molar-refractivity contribution in [3.05, 3.63) is 65.5 Å². The molecule has 2 amide bonds. The molecule has 1 saturated heterocycles. The van der Waals surface area contributed by atoms with Crippen molar-refractivity contribution in [2.75, 3.05) is 32.8 Å². The smallest absolute Gasteiger partial charge is 0.251 e. The van der Waals surface area contributed by atoms with Crippen molar-refractivity contribution < 1.29 is 14.3 Å². The van der Waals surface area contributed by atoms with E-state index in [1.165, 1.54) is 0 Å². The number of aromatic nitrogens is 2. The number of aryl methyl sites for hydroxylation is 2. The molecule has 162 valence electrons. The molecular weight excluding hydrogens is 392 g/mol. The van der Waals surface area contributed by atoms with Crippen LogP contribution in [0.1, 0.15) is 28.2 Å². The Morgan fingerprint density at radius 2 is 1.81 bits per heavy atom. The number of morpholine rings is 1. The van der Waals surface area contributed by atoms with E-state index in [-0.39, 0.29) is 18.4 Å². The number of imidazole rings is 1. The summed E-state index contributed by atoms with van der Waals surface area (Å²) in [5.41, 5.74) is 3.63. The molecule has 0 spiro atoms. The highest BCUT2D eigenvalue weighted by molar-refractivity contribution is 5.94. The van der Waals surface area contributed by atoms with Crippen LogP contribution in [-0.2, 0) is 22.5 Å². The number of benzene rings is 2. The molecule has 7 nitrogen and oxygen atoms in total. The first-order chi connectivity index (χ1) is 15.1. The standard InChI is InChI=1S/C24H28N4O3/c1-18-8-10-19(11-9-18)24(30)25-12-4-7-22-26-20-5-2-3-6-21(20)28(22)17-23(29)27-13-15-31-16-14-27/h2-3,5-6,8-11H,4,7,12-17H2,1H3,(H,25,30). The highest BCUT2D eigenvalue weighted by Crippen LogP contribution is 2.18. The number of amides is 2. The molecule has 0 aliphatic carbocycles. The molecule has 0 atom stereocenters. The maximum absolute atomic E-state index is 12.8. The third-order valence-electron chi connectivity index (χ3n) is 5.57. The average molecular weight is 421 g/mol. The van der Waals surface area contributed by atoms with Gasteiger partial charge in [0.1, 0.15) is 12.4 Å². The minimum absolute atomic E-state index is 0.0731. The molecular formula is C24H28N4O3. The number of carbonyl (C=O) groups is 2. The summed E-state index contributed by atoms with van der Waals surface area (Å²) in [4.78, 5) is 31.7. The van der Waals surface area contributed by atoms with E-state index in [0.29, 0.717) is 44.8 Å². The van der Waals surface area contributed by atoms with Crippen LogP contribution in [0.2, 0.25) is 0 Å². The van der Waals surface area contributed by atoms with Crippen molar-refractivity contribution in [3.8, 4) is 0 Å². The highest BCUT2D eigenvalue weighted by atomic mass is 16.5. The van der Waals surface area contributed by atoms with Gasteiger partial charge >= 0.3 is 0 Å².